The van der Waals surface area contributed by atoms with Gasteiger partial charge in [0.2, 0.25) is 5.91 Å². The number of carbonyl (C=O) groups excluding carboxylic acids is 1. The van der Waals surface area contributed by atoms with E-state index in [4.69, 9.17) is 9.72 Å². The Labute approximate surface area is 265 Å². The number of hydrogen-bond acceptors (Lipinski definition) is 6. The van der Waals surface area contributed by atoms with Crippen molar-refractivity contribution in [2.45, 2.75) is 32.1 Å². The zero-order valence-corrected chi connectivity index (χ0v) is 25.4. The van der Waals surface area contributed by atoms with Gasteiger partial charge in [-0.3, -0.25) is 19.8 Å². The van der Waals surface area contributed by atoms with Crippen LogP contribution in [0.4, 0.5) is 10.1 Å². The molecule has 46 heavy (non-hydrogen) atoms. The van der Waals surface area contributed by atoms with Gasteiger partial charge < -0.3 is 15.0 Å². The quantitative estimate of drug-likeness (QED) is 0.159. The van der Waals surface area contributed by atoms with Crippen LogP contribution in [0.5, 0.6) is 5.75 Å². The van der Waals surface area contributed by atoms with Crippen molar-refractivity contribution in [2.24, 2.45) is 5.92 Å². The van der Waals surface area contributed by atoms with E-state index in [1.807, 2.05) is 48.5 Å². The first-order valence-electron chi connectivity index (χ1n) is 16.0. The topological polar surface area (TPSA) is 112 Å². The molecule has 2 fully saturated rings. The van der Waals surface area contributed by atoms with E-state index in [0.717, 1.165) is 83.4 Å². The van der Waals surface area contributed by atoms with Crippen molar-refractivity contribution in [3.05, 3.63) is 78.9 Å². The van der Waals surface area contributed by atoms with Crippen LogP contribution in [0.15, 0.2) is 73.1 Å². The number of anilines is 1. The predicted molar refractivity (Wildman–Crippen MR) is 177 cm³/mol. The molecule has 8 rings (SSSR count). The summed E-state index contributed by atoms with van der Waals surface area (Å²) < 4.78 is 20.8. The predicted octanol–water partition coefficient (Wildman–Crippen LogP) is 7.19. The van der Waals surface area contributed by atoms with Gasteiger partial charge in [-0.1, -0.05) is 18.6 Å². The maximum absolute atomic E-state index is 14.8. The average Bonchev–Trinajstić information content (AvgIpc) is 3.79. The van der Waals surface area contributed by atoms with E-state index in [0.29, 0.717) is 29.3 Å². The van der Waals surface area contributed by atoms with Crippen LogP contribution in [0.2, 0.25) is 0 Å². The summed E-state index contributed by atoms with van der Waals surface area (Å²) >= 11 is 0. The van der Waals surface area contributed by atoms with E-state index in [1.165, 1.54) is 18.9 Å². The van der Waals surface area contributed by atoms with Crippen LogP contribution in [0.1, 0.15) is 32.1 Å². The highest BCUT2D eigenvalue weighted by molar-refractivity contribution is 6.00. The number of hydrogen-bond donors (Lipinski definition) is 3. The second-order valence-corrected chi connectivity index (χ2v) is 12.3. The number of fused-ring (bicyclic) bond motifs is 2. The second kappa shape index (κ2) is 12.0. The van der Waals surface area contributed by atoms with E-state index in [1.54, 1.807) is 18.5 Å². The largest absolute Gasteiger partial charge is 0.492 e. The molecule has 232 valence electrons. The number of amides is 1. The standard InChI is InChI=1S/C36H34FN7O2/c37-25-15-23(17-27(18-25)46-14-13-44-11-1-2-12-44)28-7-4-8-31-29(28)19-33(40-31)35-34-32(42-43-35)10-9-30(41-34)24-16-26(21-38-20-24)39-36(45)22-5-3-6-22/h4,7-10,15-22,40H,1-3,5-6,11-14H2,(H,39,45)(H,42,43). The molecular formula is C36H34FN7O2. The molecule has 1 aliphatic carbocycles. The molecule has 10 heteroatoms. The Morgan fingerprint density at radius 3 is 2.72 bits per heavy atom. The van der Waals surface area contributed by atoms with Crippen LogP contribution in [-0.4, -0.2) is 62.2 Å². The van der Waals surface area contributed by atoms with Gasteiger partial charge >= 0.3 is 0 Å². The van der Waals surface area contributed by atoms with Gasteiger partial charge in [0.25, 0.3) is 0 Å². The monoisotopic (exact) mass is 615 g/mol. The number of aromatic amines is 2. The van der Waals surface area contributed by atoms with E-state index in [9.17, 15) is 9.18 Å². The van der Waals surface area contributed by atoms with Crippen molar-refractivity contribution in [2.75, 3.05) is 31.6 Å². The lowest BCUT2D eigenvalue weighted by molar-refractivity contribution is -0.122. The van der Waals surface area contributed by atoms with E-state index < -0.39 is 0 Å². The highest BCUT2D eigenvalue weighted by atomic mass is 19.1. The number of likely N-dealkylation sites (tertiary alicyclic amines) is 1. The molecule has 2 aliphatic rings. The molecule has 6 aromatic rings. The molecule has 0 unspecified atom stereocenters. The van der Waals surface area contributed by atoms with Crippen molar-refractivity contribution in [3.8, 4) is 39.5 Å². The van der Waals surface area contributed by atoms with Gasteiger partial charge in [0.05, 0.1) is 28.8 Å². The number of benzene rings is 2. The summed E-state index contributed by atoms with van der Waals surface area (Å²) in [6, 6.07) is 18.6. The van der Waals surface area contributed by atoms with Crippen LogP contribution in [0, 0.1) is 11.7 Å². The number of carbonyl (C=O) groups is 1. The zero-order chi connectivity index (χ0) is 31.0. The molecule has 1 saturated carbocycles. The molecule has 4 aromatic heterocycles. The second-order valence-electron chi connectivity index (χ2n) is 12.3. The third-order valence-electron chi connectivity index (χ3n) is 9.16. The highest BCUT2D eigenvalue weighted by Crippen LogP contribution is 2.36. The summed E-state index contributed by atoms with van der Waals surface area (Å²) in [5.74, 6) is 0.323. The van der Waals surface area contributed by atoms with Crippen molar-refractivity contribution < 1.29 is 13.9 Å². The number of ether oxygens (including phenoxy) is 1. The molecule has 0 atom stereocenters. The molecule has 5 heterocycles. The van der Waals surface area contributed by atoms with E-state index in [-0.39, 0.29) is 17.6 Å². The first-order valence-corrected chi connectivity index (χ1v) is 16.0. The fraction of sp³-hybridized carbons (Fsp3) is 0.278. The third kappa shape index (κ3) is 5.60. The molecule has 1 aliphatic heterocycles. The van der Waals surface area contributed by atoms with Crippen molar-refractivity contribution in [1.29, 1.82) is 0 Å². The molecule has 0 bridgehead atoms. The number of rotatable bonds is 9. The summed E-state index contributed by atoms with van der Waals surface area (Å²) in [7, 11) is 0. The number of nitrogens with zero attached hydrogens (tertiary/aromatic N) is 4. The summed E-state index contributed by atoms with van der Waals surface area (Å²) in [6.45, 7) is 3.57. The average molecular weight is 616 g/mol. The molecule has 1 saturated heterocycles. The minimum absolute atomic E-state index is 0.0448. The minimum atomic E-state index is -0.336. The van der Waals surface area contributed by atoms with Crippen LogP contribution in [0.3, 0.4) is 0 Å². The van der Waals surface area contributed by atoms with Crippen LogP contribution >= 0.6 is 0 Å². The number of aromatic nitrogens is 5. The molecule has 2 aromatic carbocycles. The maximum atomic E-state index is 14.8. The smallest absolute Gasteiger partial charge is 0.227 e. The minimum Gasteiger partial charge on any atom is -0.492 e. The van der Waals surface area contributed by atoms with Crippen LogP contribution in [0.25, 0.3) is 55.7 Å². The lowest BCUT2D eigenvalue weighted by atomic mass is 9.85. The number of halogens is 1. The van der Waals surface area contributed by atoms with Crippen molar-refractivity contribution in [1.82, 2.24) is 30.0 Å². The van der Waals surface area contributed by atoms with Gasteiger partial charge in [0.1, 0.15) is 29.4 Å². The lowest BCUT2D eigenvalue weighted by Gasteiger charge is -2.24. The first-order chi connectivity index (χ1) is 22.6. The molecule has 1 amide bonds. The van der Waals surface area contributed by atoms with Gasteiger partial charge in [-0.2, -0.15) is 5.10 Å². The Hall–Kier alpha value is -5.09. The Morgan fingerprint density at radius 1 is 0.978 bits per heavy atom. The van der Waals surface area contributed by atoms with E-state index in [2.05, 4.69) is 30.4 Å². The third-order valence-corrected chi connectivity index (χ3v) is 9.16. The Bertz CT molecular complexity index is 2060. The van der Waals surface area contributed by atoms with Gasteiger partial charge in [0, 0.05) is 41.2 Å². The number of pyridine rings is 2. The molecule has 0 spiro atoms. The van der Waals surface area contributed by atoms with Crippen molar-refractivity contribution in [3.63, 3.8) is 0 Å². The Balaban J connectivity index is 1.09. The summed E-state index contributed by atoms with van der Waals surface area (Å²) in [4.78, 5) is 27.7. The first kappa shape index (κ1) is 28.4. The van der Waals surface area contributed by atoms with Crippen LogP contribution in [-0.2, 0) is 4.79 Å². The van der Waals surface area contributed by atoms with Gasteiger partial charge in [-0.05, 0) is 92.4 Å². The zero-order valence-electron chi connectivity index (χ0n) is 25.4. The molecular weight excluding hydrogens is 581 g/mol. The molecule has 0 radical (unpaired) electrons. The Morgan fingerprint density at radius 2 is 1.87 bits per heavy atom. The van der Waals surface area contributed by atoms with Crippen LogP contribution < -0.4 is 10.1 Å². The number of H-pyrrole nitrogens is 2. The van der Waals surface area contributed by atoms with E-state index >= 15 is 0 Å². The van der Waals surface area contributed by atoms with Crippen molar-refractivity contribution >= 4 is 33.5 Å². The highest BCUT2D eigenvalue weighted by Gasteiger charge is 2.25. The van der Waals surface area contributed by atoms with Gasteiger partial charge in [0.15, 0.2) is 0 Å². The maximum Gasteiger partial charge on any atom is 0.227 e. The molecule has 9 nitrogen and oxygen atoms in total. The fourth-order valence-corrected chi connectivity index (χ4v) is 6.45. The number of nitrogens with one attached hydrogen (secondary N) is 3. The van der Waals surface area contributed by atoms with Gasteiger partial charge in [-0.15, -0.1) is 0 Å². The Kier molecular flexibility index (Phi) is 7.42. The lowest BCUT2D eigenvalue weighted by Crippen LogP contribution is -2.28. The summed E-state index contributed by atoms with van der Waals surface area (Å²) in [5, 5.41) is 11.6. The summed E-state index contributed by atoms with van der Waals surface area (Å²) in [6.07, 6.45) is 8.83. The molecule has 3 N–H and O–H groups in total. The normalized spacial score (nSPS) is 15.4. The van der Waals surface area contributed by atoms with Gasteiger partial charge in [-0.25, -0.2) is 9.37 Å². The summed E-state index contributed by atoms with van der Waals surface area (Å²) in [5.41, 5.74) is 7.67. The fourth-order valence-electron chi connectivity index (χ4n) is 6.45. The SMILES string of the molecule is O=C(Nc1cncc(-c2ccc3[nH]nc(-c4cc5c(-c6cc(F)cc(OCCN7CCCC7)c6)cccc5[nH]4)c3n2)c1)C1CCC1.